The van der Waals surface area contributed by atoms with Crippen LogP contribution in [-0.2, 0) is 4.79 Å². The quantitative estimate of drug-likeness (QED) is 0.587. The number of hydrogen-bond acceptors (Lipinski definition) is 3. The molecular weight excluding hydrogens is 367 g/mol. The van der Waals surface area contributed by atoms with E-state index in [-0.39, 0.29) is 11.7 Å². The summed E-state index contributed by atoms with van der Waals surface area (Å²) in [4.78, 5) is 17.2. The lowest BCUT2D eigenvalue weighted by atomic mass is 9.79. The minimum atomic E-state index is -0.214. The number of pyridine rings is 1. The van der Waals surface area contributed by atoms with Gasteiger partial charge in [0.2, 0.25) is 0 Å². The van der Waals surface area contributed by atoms with Crippen LogP contribution in [0.4, 0.5) is 5.69 Å². The third-order valence-electron chi connectivity index (χ3n) is 5.19. The van der Waals surface area contributed by atoms with Gasteiger partial charge in [-0.1, -0.05) is 35.3 Å². The maximum absolute atomic E-state index is 12.7. The lowest BCUT2D eigenvalue weighted by Gasteiger charge is -2.30. The number of nitrogens with zero attached hydrogens (tertiary/aromatic N) is 1. The molecule has 1 atom stereocenters. The standard InChI is InChI=1S/C21H14Cl2N2O/c22-11-3-4-12(14(23)10-11)20-19-13-2-1-9-24-15(13)5-6-16(19)25-17-7-8-18(26)21(17)20/h1-6,9-10,20,25H,7-8H2. The van der Waals surface area contributed by atoms with E-state index >= 15 is 0 Å². The highest BCUT2D eigenvalue weighted by molar-refractivity contribution is 6.35. The number of carbonyl (C=O) groups excluding carboxylic acids is 1. The molecule has 5 rings (SSSR count). The number of allylic oxidation sites excluding steroid dienone is 2. The van der Waals surface area contributed by atoms with E-state index in [1.54, 1.807) is 12.3 Å². The van der Waals surface area contributed by atoms with Crippen molar-refractivity contribution in [2.24, 2.45) is 0 Å². The van der Waals surface area contributed by atoms with E-state index in [2.05, 4.69) is 10.3 Å². The Balaban J connectivity index is 1.86. The van der Waals surface area contributed by atoms with Gasteiger partial charge in [-0.25, -0.2) is 0 Å². The van der Waals surface area contributed by atoms with Crippen LogP contribution in [0.5, 0.6) is 0 Å². The fourth-order valence-corrected chi connectivity index (χ4v) is 4.61. The molecule has 5 heteroatoms. The monoisotopic (exact) mass is 380 g/mol. The summed E-state index contributed by atoms with van der Waals surface area (Å²) in [7, 11) is 0. The molecular formula is C21H14Cl2N2O. The summed E-state index contributed by atoms with van der Waals surface area (Å²) in [5, 5.41) is 5.66. The first-order valence-electron chi connectivity index (χ1n) is 8.49. The van der Waals surface area contributed by atoms with Crippen molar-refractivity contribution in [2.45, 2.75) is 18.8 Å². The highest BCUT2D eigenvalue weighted by Gasteiger charge is 2.38. The summed E-state index contributed by atoms with van der Waals surface area (Å²) in [6, 6.07) is 13.5. The van der Waals surface area contributed by atoms with Gasteiger partial charge >= 0.3 is 0 Å². The molecule has 3 nitrogen and oxygen atoms in total. The molecule has 1 N–H and O–H groups in total. The van der Waals surface area contributed by atoms with Gasteiger partial charge in [-0.15, -0.1) is 0 Å². The van der Waals surface area contributed by atoms with Crippen LogP contribution in [0.1, 0.15) is 29.9 Å². The predicted octanol–water partition coefficient (Wildman–Crippen LogP) is 5.72. The smallest absolute Gasteiger partial charge is 0.161 e. The average Bonchev–Trinajstić information content (AvgIpc) is 3.01. The average molecular weight is 381 g/mol. The molecule has 2 aromatic carbocycles. The molecule has 2 aliphatic rings. The SMILES string of the molecule is O=C1CCC2=C1C(c1ccc(Cl)cc1Cl)c1c(ccc3ncccc13)N2. The van der Waals surface area contributed by atoms with E-state index in [9.17, 15) is 4.79 Å². The number of rotatable bonds is 1. The molecule has 0 saturated heterocycles. The molecule has 128 valence electrons. The normalized spacial score (nSPS) is 18.7. The van der Waals surface area contributed by atoms with Crippen molar-refractivity contribution in [3.63, 3.8) is 0 Å². The van der Waals surface area contributed by atoms with E-state index in [0.29, 0.717) is 16.5 Å². The molecule has 0 saturated carbocycles. The third-order valence-corrected chi connectivity index (χ3v) is 5.75. The fraction of sp³-hybridized carbons (Fsp3) is 0.143. The summed E-state index contributed by atoms with van der Waals surface area (Å²) < 4.78 is 0. The third kappa shape index (κ3) is 2.28. The van der Waals surface area contributed by atoms with Gasteiger partial charge < -0.3 is 5.32 Å². The predicted molar refractivity (Wildman–Crippen MR) is 105 cm³/mol. The first-order chi connectivity index (χ1) is 12.6. The first kappa shape index (κ1) is 15.9. The molecule has 0 fully saturated rings. The minimum absolute atomic E-state index is 0.176. The van der Waals surface area contributed by atoms with Crippen molar-refractivity contribution in [1.82, 2.24) is 4.98 Å². The maximum Gasteiger partial charge on any atom is 0.161 e. The van der Waals surface area contributed by atoms with Gasteiger partial charge in [0.25, 0.3) is 0 Å². The number of fused-ring (bicyclic) bond motifs is 3. The topological polar surface area (TPSA) is 42.0 Å². The number of aromatic nitrogens is 1. The molecule has 3 aromatic rings. The molecule has 2 heterocycles. The molecule has 1 unspecified atom stereocenters. The van der Waals surface area contributed by atoms with Crippen LogP contribution in [0.2, 0.25) is 10.0 Å². The van der Waals surface area contributed by atoms with Crippen molar-refractivity contribution < 1.29 is 4.79 Å². The highest BCUT2D eigenvalue weighted by Crippen LogP contribution is 2.49. The number of halogens is 2. The van der Waals surface area contributed by atoms with Crippen LogP contribution in [0, 0.1) is 0 Å². The highest BCUT2D eigenvalue weighted by atomic mass is 35.5. The van der Waals surface area contributed by atoms with Crippen molar-refractivity contribution >= 4 is 45.6 Å². The van der Waals surface area contributed by atoms with Crippen LogP contribution in [0.3, 0.4) is 0 Å². The first-order valence-corrected chi connectivity index (χ1v) is 9.25. The zero-order chi connectivity index (χ0) is 17.8. The Labute approximate surface area is 160 Å². The van der Waals surface area contributed by atoms with Gasteiger partial charge in [-0.05, 0) is 47.9 Å². The number of hydrogen-bond donors (Lipinski definition) is 1. The van der Waals surface area contributed by atoms with Crippen molar-refractivity contribution in [3.8, 4) is 0 Å². The lowest BCUT2D eigenvalue weighted by Crippen LogP contribution is -2.20. The number of nitrogens with one attached hydrogen (secondary N) is 1. The number of carbonyl (C=O) groups is 1. The van der Waals surface area contributed by atoms with E-state index in [4.69, 9.17) is 23.2 Å². The van der Waals surface area contributed by atoms with E-state index in [1.807, 2.05) is 36.4 Å². The Morgan fingerprint density at radius 3 is 2.81 bits per heavy atom. The van der Waals surface area contributed by atoms with Crippen LogP contribution < -0.4 is 5.32 Å². The summed E-state index contributed by atoms with van der Waals surface area (Å²) in [5.74, 6) is -0.0380. The molecule has 0 bridgehead atoms. The number of benzene rings is 2. The van der Waals surface area contributed by atoms with E-state index in [0.717, 1.165) is 45.4 Å². The van der Waals surface area contributed by atoms with Gasteiger partial charge in [0, 0.05) is 50.9 Å². The second-order valence-electron chi connectivity index (χ2n) is 6.64. The minimum Gasteiger partial charge on any atom is -0.358 e. The zero-order valence-corrected chi connectivity index (χ0v) is 15.2. The Morgan fingerprint density at radius 2 is 1.96 bits per heavy atom. The van der Waals surface area contributed by atoms with Gasteiger partial charge in [0.15, 0.2) is 5.78 Å². The Morgan fingerprint density at radius 1 is 1.08 bits per heavy atom. The van der Waals surface area contributed by atoms with Crippen LogP contribution >= 0.6 is 23.2 Å². The summed E-state index contributed by atoms with van der Waals surface area (Å²) >= 11 is 12.7. The molecule has 1 aromatic heterocycles. The molecule has 26 heavy (non-hydrogen) atoms. The van der Waals surface area contributed by atoms with Crippen LogP contribution in [-0.4, -0.2) is 10.8 Å². The summed E-state index contributed by atoms with van der Waals surface area (Å²) in [5.41, 5.74) is 5.68. The van der Waals surface area contributed by atoms with Crippen LogP contribution in [0.15, 0.2) is 59.9 Å². The second-order valence-corrected chi connectivity index (χ2v) is 7.48. The molecule has 1 aliphatic carbocycles. The Kier molecular flexibility index (Phi) is 3.56. The number of Topliss-reactive ketones (excluding diaryl/α,β-unsaturated/α-hetero) is 1. The van der Waals surface area contributed by atoms with Crippen molar-refractivity contribution in [3.05, 3.63) is 81.1 Å². The van der Waals surface area contributed by atoms with Gasteiger partial charge in [0.05, 0.1) is 5.52 Å². The van der Waals surface area contributed by atoms with Crippen LogP contribution in [0.25, 0.3) is 10.9 Å². The Hall–Kier alpha value is -2.36. The summed E-state index contributed by atoms with van der Waals surface area (Å²) in [6.45, 7) is 0. The second kappa shape index (κ2) is 5.83. The maximum atomic E-state index is 12.7. The lowest BCUT2D eigenvalue weighted by molar-refractivity contribution is -0.115. The van der Waals surface area contributed by atoms with Crippen molar-refractivity contribution in [2.75, 3.05) is 5.32 Å². The molecule has 0 radical (unpaired) electrons. The van der Waals surface area contributed by atoms with Gasteiger partial charge in [-0.3, -0.25) is 9.78 Å². The fourth-order valence-electron chi connectivity index (χ4n) is 4.09. The number of anilines is 1. The number of ketones is 1. The van der Waals surface area contributed by atoms with Gasteiger partial charge in [0.1, 0.15) is 0 Å². The van der Waals surface area contributed by atoms with Gasteiger partial charge in [-0.2, -0.15) is 0 Å². The van der Waals surface area contributed by atoms with E-state index < -0.39 is 0 Å². The molecule has 0 amide bonds. The molecule has 0 spiro atoms. The zero-order valence-electron chi connectivity index (χ0n) is 13.7. The van der Waals surface area contributed by atoms with Crippen molar-refractivity contribution in [1.29, 1.82) is 0 Å². The molecule has 1 aliphatic heterocycles. The Bertz CT molecular complexity index is 1120. The summed E-state index contributed by atoms with van der Waals surface area (Å²) in [6.07, 6.45) is 3.05. The largest absolute Gasteiger partial charge is 0.358 e. The van der Waals surface area contributed by atoms with E-state index in [1.165, 1.54) is 0 Å².